The fraction of sp³-hybridized carbons (Fsp3) is 0.824. The molecule has 1 aliphatic carbocycles. The van der Waals surface area contributed by atoms with Gasteiger partial charge in [0, 0.05) is 18.7 Å². The second-order valence-electron chi connectivity index (χ2n) is 7.80. The second-order valence-corrected chi connectivity index (χ2v) is 7.80. The van der Waals surface area contributed by atoms with E-state index in [-0.39, 0.29) is 5.41 Å². The normalized spacial score (nSPS) is 31.2. The Bertz CT molecular complexity index is 452. The highest BCUT2D eigenvalue weighted by Gasteiger charge is 2.41. The predicted molar refractivity (Wildman–Crippen MR) is 82.7 cm³/mol. The van der Waals surface area contributed by atoms with Crippen LogP contribution in [0.15, 0.2) is 12.3 Å². The molecule has 1 fully saturated rings. The van der Waals surface area contributed by atoms with Crippen molar-refractivity contribution >= 4 is 0 Å². The van der Waals surface area contributed by atoms with Crippen LogP contribution in [-0.4, -0.2) is 20.5 Å². The smallest absolute Gasteiger partial charge is 0.0711 e. The van der Waals surface area contributed by atoms with E-state index in [2.05, 4.69) is 45.8 Å². The van der Waals surface area contributed by atoms with E-state index in [0.29, 0.717) is 18.4 Å². The van der Waals surface area contributed by atoms with Gasteiger partial charge in [0.1, 0.15) is 0 Å². The number of hydrogen-bond donors (Lipinski definition) is 1. The van der Waals surface area contributed by atoms with E-state index in [9.17, 15) is 5.11 Å². The van der Waals surface area contributed by atoms with Crippen LogP contribution in [0.2, 0.25) is 0 Å². The minimum Gasteiger partial charge on any atom is -0.389 e. The first-order valence-corrected chi connectivity index (χ1v) is 7.99. The zero-order chi connectivity index (χ0) is 15.0. The molecule has 3 heteroatoms. The number of aromatic nitrogens is 2. The first kappa shape index (κ1) is 15.6. The van der Waals surface area contributed by atoms with Crippen LogP contribution in [0.25, 0.3) is 0 Å². The Labute approximate surface area is 123 Å². The van der Waals surface area contributed by atoms with Crippen molar-refractivity contribution in [3.05, 3.63) is 18.0 Å². The van der Waals surface area contributed by atoms with Gasteiger partial charge in [-0.2, -0.15) is 5.10 Å². The summed E-state index contributed by atoms with van der Waals surface area (Å²) in [6.45, 7) is 11.1. The SMILES string of the molecule is CCC(C)n1ccc(CC2(O)CC(C)CC(C)(C)C2)n1. The lowest BCUT2D eigenvalue weighted by Gasteiger charge is -2.44. The molecular weight excluding hydrogens is 248 g/mol. The minimum atomic E-state index is -0.587. The third-order valence-corrected chi connectivity index (χ3v) is 4.65. The van der Waals surface area contributed by atoms with Crippen LogP contribution in [0.4, 0.5) is 0 Å². The van der Waals surface area contributed by atoms with Gasteiger partial charge in [-0.05, 0) is 50.0 Å². The molecule has 114 valence electrons. The largest absolute Gasteiger partial charge is 0.389 e. The molecule has 1 aliphatic rings. The Balaban J connectivity index is 2.10. The van der Waals surface area contributed by atoms with Gasteiger partial charge in [0.05, 0.1) is 11.3 Å². The first-order chi connectivity index (χ1) is 9.23. The maximum absolute atomic E-state index is 11.0. The van der Waals surface area contributed by atoms with E-state index in [4.69, 9.17) is 0 Å². The average molecular weight is 278 g/mol. The first-order valence-electron chi connectivity index (χ1n) is 7.99. The molecule has 0 aromatic carbocycles. The highest BCUT2D eigenvalue weighted by atomic mass is 16.3. The van der Waals surface area contributed by atoms with Crippen molar-refractivity contribution in [3.8, 4) is 0 Å². The fourth-order valence-electron chi connectivity index (χ4n) is 4.08. The molecule has 20 heavy (non-hydrogen) atoms. The molecule has 1 N–H and O–H groups in total. The summed E-state index contributed by atoms with van der Waals surface area (Å²) in [5.41, 5.74) is 0.666. The molecule has 2 rings (SSSR count). The van der Waals surface area contributed by atoms with Crippen LogP contribution >= 0.6 is 0 Å². The Hall–Kier alpha value is -0.830. The highest BCUT2D eigenvalue weighted by Crippen LogP contribution is 2.44. The Morgan fingerprint density at radius 1 is 1.45 bits per heavy atom. The molecule has 0 aliphatic heterocycles. The van der Waals surface area contributed by atoms with Crippen molar-refractivity contribution < 1.29 is 5.11 Å². The van der Waals surface area contributed by atoms with E-state index >= 15 is 0 Å². The zero-order valence-corrected chi connectivity index (χ0v) is 13.7. The van der Waals surface area contributed by atoms with E-state index < -0.39 is 5.60 Å². The molecule has 0 spiro atoms. The minimum absolute atomic E-state index is 0.228. The molecule has 1 heterocycles. The molecule has 0 bridgehead atoms. The molecule has 3 nitrogen and oxygen atoms in total. The maximum atomic E-state index is 11.0. The fourth-order valence-corrected chi connectivity index (χ4v) is 4.08. The molecule has 0 saturated heterocycles. The second kappa shape index (κ2) is 5.51. The molecule has 0 amide bonds. The van der Waals surface area contributed by atoms with Crippen LogP contribution in [0.3, 0.4) is 0 Å². The third kappa shape index (κ3) is 3.63. The van der Waals surface area contributed by atoms with Gasteiger partial charge in [-0.25, -0.2) is 0 Å². The van der Waals surface area contributed by atoms with Crippen LogP contribution in [0, 0.1) is 11.3 Å². The Kier molecular flexibility index (Phi) is 4.29. The van der Waals surface area contributed by atoms with E-state index in [1.807, 2.05) is 10.9 Å². The quantitative estimate of drug-likeness (QED) is 0.905. The van der Waals surface area contributed by atoms with Crippen molar-refractivity contribution in [2.45, 2.75) is 78.4 Å². The Morgan fingerprint density at radius 3 is 2.75 bits per heavy atom. The van der Waals surface area contributed by atoms with Crippen molar-refractivity contribution in [3.63, 3.8) is 0 Å². The van der Waals surface area contributed by atoms with Gasteiger partial charge in [-0.15, -0.1) is 0 Å². The van der Waals surface area contributed by atoms with Gasteiger partial charge in [0.25, 0.3) is 0 Å². The van der Waals surface area contributed by atoms with Crippen molar-refractivity contribution in [1.29, 1.82) is 0 Å². The number of rotatable bonds is 4. The molecule has 1 aromatic heterocycles. The average Bonchev–Trinajstić information content (AvgIpc) is 2.72. The van der Waals surface area contributed by atoms with Crippen molar-refractivity contribution in [2.75, 3.05) is 0 Å². The van der Waals surface area contributed by atoms with Gasteiger partial charge in [0.15, 0.2) is 0 Å². The topological polar surface area (TPSA) is 38.0 Å². The third-order valence-electron chi connectivity index (χ3n) is 4.65. The van der Waals surface area contributed by atoms with Gasteiger partial charge in [-0.1, -0.05) is 27.7 Å². The highest BCUT2D eigenvalue weighted by molar-refractivity contribution is 5.07. The monoisotopic (exact) mass is 278 g/mol. The summed E-state index contributed by atoms with van der Waals surface area (Å²) in [6, 6.07) is 2.50. The molecule has 1 aromatic rings. The molecule has 0 radical (unpaired) electrons. The predicted octanol–water partition coefficient (Wildman–Crippen LogP) is 3.97. The summed E-state index contributed by atoms with van der Waals surface area (Å²) in [5.74, 6) is 0.584. The Morgan fingerprint density at radius 2 is 2.15 bits per heavy atom. The van der Waals surface area contributed by atoms with Gasteiger partial charge in [-0.3, -0.25) is 4.68 Å². The lowest BCUT2D eigenvalue weighted by molar-refractivity contribution is -0.0581. The van der Waals surface area contributed by atoms with E-state index in [0.717, 1.165) is 25.0 Å². The van der Waals surface area contributed by atoms with Gasteiger partial charge < -0.3 is 5.11 Å². The van der Waals surface area contributed by atoms with Gasteiger partial charge in [0.2, 0.25) is 0 Å². The summed E-state index contributed by atoms with van der Waals surface area (Å²) < 4.78 is 2.02. The molecule has 3 unspecified atom stereocenters. The lowest BCUT2D eigenvalue weighted by Crippen LogP contribution is -2.43. The van der Waals surface area contributed by atoms with Gasteiger partial charge >= 0.3 is 0 Å². The van der Waals surface area contributed by atoms with Crippen molar-refractivity contribution in [1.82, 2.24) is 9.78 Å². The van der Waals surface area contributed by atoms with E-state index in [1.165, 1.54) is 6.42 Å². The maximum Gasteiger partial charge on any atom is 0.0711 e. The summed E-state index contributed by atoms with van der Waals surface area (Å²) in [5, 5.41) is 15.6. The molecule has 1 saturated carbocycles. The van der Waals surface area contributed by atoms with Crippen LogP contribution in [0.5, 0.6) is 0 Å². The molecule has 3 atom stereocenters. The summed E-state index contributed by atoms with van der Waals surface area (Å²) in [4.78, 5) is 0. The van der Waals surface area contributed by atoms with E-state index in [1.54, 1.807) is 0 Å². The summed E-state index contributed by atoms with van der Waals surface area (Å²) in [6.07, 6.45) is 6.79. The van der Waals surface area contributed by atoms with Crippen LogP contribution in [-0.2, 0) is 6.42 Å². The number of nitrogens with zero attached hydrogens (tertiary/aromatic N) is 2. The lowest BCUT2D eigenvalue weighted by atomic mass is 9.64. The molecular formula is C17H30N2O. The summed E-state index contributed by atoms with van der Waals surface area (Å²) in [7, 11) is 0. The van der Waals surface area contributed by atoms with Crippen LogP contribution in [0.1, 0.15) is 72.0 Å². The summed E-state index contributed by atoms with van der Waals surface area (Å²) >= 11 is 0. The standard InChI is InChI=1S/C17H30N2O/c1-6-14(3)19-8-7-15(18-19)11-17(20)10-13(2)9-16(4,5)12-17/h7-8,13-14,20H,6,9-12H2,1-5H3. The van der Waals surface area contributed by atoms with Crippen molar-refractivity contribution in [2.24, 2.45) is 11.3 Å². The number of hydrogen-bond acceptors (Lipinski definition) is 2. The zero-order valence-electron chi connectivity index (χ0n) is 13.7. The van der Waals surface area contributed by atoms with Crippen LogP contribution < -0.4 is 0 Å². The number of aliphatic hydroxyl groups is 1.